The van der Waals surface area contributed by atoms with Crippen LogP contribution in [0.15, 0.2) is 36.4 Å². The summed E-state index contributed by atoms with van der Waals surface area (Å²) in [7, 11) is 0. The minimum Gasteiger partial charge on any atom is -0.463 e. The molecule has 1 aliphatic heterocycles. The summed E-state index contributed by atoms with van der Waals surface area (Å²) in [6.45, 7) is 3.18. The van der Waals surface area contributed by atoms with E-state index in [9.17, 15) is 14.4 Å². The molecule has 1 aromatic rings. The molecule has 1 heterocycles. The number of anilines is 1. The topological polar surface area (TPSA) is 93.7 Å². The Balaban J connectivity index is 1.81. The summed E-state index contributed by atoms with van der Waals surface area (Å²) < 4.78 is 10.1. The Bertz CT molecular complexity index is 633. The zero-order valence-electron chi connectivity index (χ0n) is 14.1. The second-order valence-electron chi connectivity index (χ2n) is 5.50. The maximum absolute atomic E-state index is 12.1. The first-order valence-electron chi connectivity index (χ1n) is 8.24. The van der Waals surface area contributed by atoms with Crippen LogP contribution in [-0.2, 0) is 19.1 Å². The van der Waals surface area contributed by atoms with Crippen LogP contribution in [0.1, 0.15) is 30.1 Å². The first-order valence-corrected chi connectivity index (χ1v) is 8.24. The number of amides is 2. The van der Waals surface area contributed by atoms with Crippen LogP contribution in [0.4, 0.5) is 5.69 Å². The van der Waals surface area contributed by atoms with Crippen LogP contribution in [0.3, 0.4) is 0 Å². The summed E-state index contributed by atoms with van der Waals surface area (Å²) in [5.41, 5.74) is 1.02. The fourth-order valence-electron chi connectivity index (χ4n) is 2.34. The largest absolute Gasteiger partial charge is 0.463 e. The fourth-order valence-corrected chi connectivity index (χ4v) is 2.34. The highest BCUT2D eigenvalue weighted by atomic mass is 16.5. The van der Waals surface area contributed by atoms with Crippen molar-refractivity contribution in [3.05, 3.63) is 42.0 Å². The molecule has 0 spiro atoms. The molecule has 1 fully saturated rings. The molecule has 25 heavy (non-hydrogen) atoms. The van der Waals surface area contributed by atoms with Gasteiger partial charge in [-0.2, -0.15) is 0 Å². The monoisotopic (exact) mass is 346 g/mol. The predicted octanol–water partition coefficient (Wildman–Crippen LogP) is 1.65. The van der Waals surface area contributed by atoms with Gasteiger partial charge in [-0.3, -0.25) is 9.59 Å². The molecule has 134 valence electrons. The molecule has 2 amide bonds. The fraction of sp³-hybridized carbons (Fsp3) is 0.389. The number of ether oxygens (including phenoxy) is 2. The molecule has 0 saturated carbocycles. The van der Waals surface area contributed by atoms with E-state index in [1.165, 1.54) is 0 Å². The average molecular weight is 346 g/mol. The van der Waals surface area contributed by atoms with Gasteiger partial charge in [0.15, 0.2) is 0 Å². The van der Waals surface area contributed by atoms with Crippen LogP contribution >= 0.6 is 0 Å². The van der Waals surface area contributed by atoms with Crippen LogP contribution < -0.4 is 10.6 Å². The SMILES string of the molecule is CCOC(=O)/C=C/C(=O)Nc1ccc(C(=O)NCC2CCCO2)cc1. The average Bonchev–Trinajstić information content (AvgIpc) is 3.12. The van der Waals surface area contributed by atoms with Crippen molar-refractivity contribution in [2.24, 2.45) is 0 Å². The molecule has 1 aromatic carbocycles. The molecule has 7 nitrogen and oxygen atoms in total. The summed E-state index contributed by atoms with van der Waals surface area (Å²) >= 11 is 0. The summed E-state index contributed by atoms with van der Waals surface area (Å²) in [6, 6.07) is 6.49. The lowest BCUT2D eigenvalue weighted by Gasteiger charge is -2.11. The van der Waals surface area contributed by atoms with E-state index < -0.39 is 11.9 Å². The van der Waals surface area contributed by atoms with Crippen molar-refractivity contribution < 1.29 is 23.9 Å². The Morgan fingerprint density at radius 1 is 1.24 bits per heavy atom. The Morgan fingerprint density at radius 2 is 2.00 bits per heavy atom. The minimum atomic E-state index is -0.573. The molecule has 0 aromatic heterocycles. The first kappa shape index (κ1) is 18.7. The third kappa shape index (κ3) is 6.39. The van der Waals surface area contributed by atoms with Gasteiger partial charge in [0.1, 0.15) is 0 Å². The highest BCUT2D eigenvalue weighted by Crippen LogP contribution is 2.12. The molecule has 0 radical (unpaired) electrons. The standard InChI is InChI=1S/C18H22N2O5/c1-2-24-17(22)10-9-16(21)20-14-7-5-13(6-8-14)18(23)19-12-15-4-3-11-25-15/h5-10,15H,2-4,11-12H2,1H3,(H,19,23)(H,20,21)/b10-9+. The van der Waals surface area contributed by atoms with Crippen molar-refractivity contribution >= 4 is 23.5 Å². The number of rotatable bonds is 7. The van der Waals surface area contributed by atoms with E-state index in [0.29, 0.717) is 17.8 Å². The molecule has 2 rings (SSSR count). The third-order valence-corrected chi connectivity index (χ3v) is 3.59. The van der Waals surface area contributed by atoms with Gasteiger partial charge in [0, 0.05) is 36.6 Å². The van der Waals surface area contributed by atoms with Crippen LogP contribution in [0.5, 0.6) is 0 Å². The van der Waals surface area contributed by atoms with Crippen LogP contribution in [0.25, 0.3) is 0 Å². The lowest BCUT2D eigenvalue weighted by Crippen LogP contribution is -2.31. The van der Waals surface area contributed by atoms with E-state index in [1.807, 2.05) is 0 Å². The van der Waals surface area contributed by atoms with Crippen LogP contribution in [0.2, 0.25) is 0 Å². The molecular formula is C18H22N2O5. The molecule has 1 aliphatic rings. The maximum Gasteiger partial charge on any atom is 0.330 e. The molecule has 0 bridgehead atoms. The van der Waals surface area contributed by atoms with E-state index in [2.05, 4.69) is 15.4 Å². The lowest BCUT2D eigenvalue weighted by molar-refractivity contribution is -0.137. The second-order valence-corrected chi connectivity index (χ2v) is 5.50. The van der Waals surface area contributed by atoms with E-state index >= 15 is 0 Å². The number of hydrogen-bond acceptors (Lipinski definition) is 5. The van der Waals surface area contributed by atoms with Gasteiger partial charge in [-0.15, -0.1) is 0 Å². The van der Waals surface area contributed by atoms with Crippen molar-refractivity contribution in [2.45, 2.75) is 25.9 Å². The molecular weight excluding hydrogens is 324 g/mol. The smallest absolute Gasteiger partial charge is 0.330 e. The van der Waals surface area contributed by atoms with Crippen LogP contribution in [0, 0.1) is 0 Å². The predicted molar refractivity (Wildman–Crippen MR) is 92.2 cm³/mol. The van der Waals surface area contributed by atoms with Crippen molar-refractivity contribution in [1.82, 2.24) is 5.32 Å². The van der Waals surface area contributed by atoms with Crippen molar-refractivity contribution in [1.29, 1.82) is 0 Å². The Kier molecular flexibility index (Phi) is 7.16. The molecule has 2 N–H and O–H groups in total. The van der Waals surface area contributed by atoms with Crippen molar-refractivity contribution in [3.8, 4) is 0 Å². The van der Waals surface area contributed by atoms with Gasteiger partial charge in [-0.1, -0.05) is 0 Å². The zero-order chi connectivity index (χ0) is 18.1. The third-order valence-electron chi connectivity index (χ3n) is 3.59. The molecule has 1 saturated heterocycles. The van der Waals surface area contributed by atoms with Gasteiger partial charge >= 0.3 is 5.97 Å². The number of nitrogens with one attached hydrogen (secondary N) is 2. The summed E-state index contributed by atoms with van der Waals surface area (Å²) in [4.78, 5) is 34.9. The van der Waals surface area contributed by atoms with Gasteiger partial charge in [-0.05, 0) is 44.0 Å². The van der Waals surface area contributed by atoms with E-state index in [1.54, 1.807) is 31.2 Å². The number of hydrogen-bond donors (Lipinski definition) is 2. The zero-order valence-corrected chi connectivity index (χ0v) is 14.1. The summed E-state index contributed by atoms with van der Waals surface area (Å²) in [6.07, 6.45) is 4.24. The summed E-state index contributed by atoms with van der Waals surface area (Å²) in [5, 5.41) is 5.43. The van der Waals surface area contributed by atoms with Crippen molar-refractivity contribution in [3.63, 3.8) is 0 Å². The van der Waals surface area contributed by atoms with Gasteiger partial charge in [0.25, 0.3) is 5.91 Å². The Hall–Kier alpha value is -2.67. The van der Waals surface area contributed by atoms with E-state index in [-0.39, 0.29) is 18.6 Å². The minimum absolute atomic E-state index is 0.0914. The van der Waals surface area contributed by atoms with Gasteiger partial charge in [-0.25, -0.2) is 4.79 Å². The first-order chi connectivity index (χ1) is 12.1. The van der Waals surface area contributed by atoms with Gasteiger partial charge < -0.3 is 20.1 Å². The van der Waals surface area contributed by atoms with E-state index in [0.717, 1.165) is 31.6 Å². The molecule has 1 atom stereocenters. The number of esters is 1. The highest BCUT2D eigenvalue weighted by molar-refractivity contribution is 6.03. The van der Waals surface area contributed by atoms with Gasteiger partial charge in [0.2, 0.25) is 5.91 Å². The van der Waals surface area contributed by atoms with E-state index in [4.69, 9.17) is 4.74 Å². The summed E-state index contributed by atoms with van der Waals surface area (Å²) in [5.74, 6) is -1.21. The number of benzene rings is 1. The van der Waals surface area contributed by atoms with Crippen molar-refractivity contribution in [2.75, 3.05) is 25.1 Å². The number of carbonyl (C=O) groups excluding carboxylic acids is 3. The van der Waals surface area contributed by atoms with Crippen LogP contribution in [-0.4, -0.2) is 43.6 Å². The molecule has 7 heteroatoms. The maximum atomic E-state index is 12.1. The highest BCUT2D eigenvalue weighted by Gasteiger charge is 2.16. The molecule has 0 aliphatic carbocycles. The Labute approximate surface area is 146 Å². The quantitative estimate of drug-likeness (QED) is 0.578. The normalized spacial score (nSPS) is 16.6. The lowest BCUT2D eigenvalue weighted by atomic mass is 10.2. The molecule has 1 unspecified atom stereocenters. The second kappa shape index (κ2) is 9.58. The number of carbonyl (C=O) groups is 3. The Morgan fingerprint density at radius 3 is 2.64 bits per heavy atom. The van der Waals surface area contributed by atoms with Gasteiger partial charge in [0.05, 0.1) is 12.7 Å².